The number of carbonyl (C=O) groups is 1. The summed E-state index contributed by atoms with van der Waals surface area (Å²) >= 11 is 6.00. The van der Waals surface area contributed by atoms with Crippen LogP contribution in [0.15, 0.2) is 41.0 Å². The fourth-order valence-electron chi connectivity index (χ4n) is 1.90. The zero-order valence-corrected chi connectivity index (χ0v) is 14.3. The van der Waals surface area contributed by atoms with Gasteiger partial charge in [-0.25, -0.2) is 8.42 Å². The van der Waals surface area contributed by atoms with Crippen LogP contribution >= 0.6 is 11.6 Å². The number of hydrogen-bond acceptors (Lipinski definition) is 4. The third-order valence-corrected chi connectivity index (χ3v) is 4.76. The minimum absolute atomic E-state index is 0.00604. The topological polar surface area (TPSA) is 79.6 Å². The molecule has 23 heavy (non-hydrogen) atoms. The fourth-order valence-corrected chi connectivity index (χ4v) is 2.79. The Balaban J connectivity index is 2.06. The van der Waals surface area contributed by atoms with E-state index < -0.39 is 15.9 Å². The van der Waals surface area contributed by atoms with Crippen molar-refractivity contribution in [3.63, 3.8) is 0 Å². The van der Waals surface area contributed by atoms with Crippen LogP contribution in [0.3, 0.4) is 0 Å². The maximum atomic E-state index is 12.1. The molecule has 2 rings (SSSR count). The summed E-state index contributed by atoms with van der Waals surface area (Å²) in [6, 6.07) is 8.40. The number of carbonyl (C=O) groups excluding carboxylic acids is 1. The van der Waals surface area contributed by atoms with Gasteiger partial charge in [0.15, 0.2) is 0 Å². The van der Waals surface area contributed by atoms with Crippen LogP contribution in [0.2, 0.25) is 5.02 Å². The van der Waals surface area contributed by atoms with Crippen LogP contribution in [0.1, 0.15) is 11.3 Å². The molecule has 0 atom stereocenters. The molecule has 0 aliphatic rings. The zero-order valence-electron chi connectivity index (χ0n) is 12.7. The number of nitrogens with zero attached hydrogens (tertiary/aromatic N) is 1. The van der Waals surface area contributed by atoms with Crippen molar-refractivity contribution in [2.75, 3.05) is 18.1 Å². The Kier molecular flexibility index (Phi) is 5.46. The highest BCUT2D eigenvalue weighted by Gasteiger charge is 2.21. The molecule has 0 saturated heterocycles. The van der Waals surface area contributed by atoms with E-state index in [-0.39, 0.29) is 13.1 Å². The predicted molar refractivity (Wildman–Crippen MR) is 88.8 cm³/mol. The second-order valence-corrected chi connectivity index (χ2v) is 7.51. The van der Waals surface area contributed by atoms with Crippen molar-refractivity contribution in [3.8, 4) is 0 Å². The highest BCUT2D eigenvalue weighted by Crippen LogP contribution is 2.20. The van der Waals surface area contributed by atoms with Gasteiger partial charge in [-0.3, -0.25) is 4.79 Å². The average Bonchev–Trinajstić information content (AvgIpc) is 2.94. The molecular formula is C15H17ClN2O4S. The van der Waals surface area contributed by atoms with Crippen molar-refractivity contribution in [2.24, 2.45) is 0 Å². The molecular weight excluding hydrogens is 340 g/mol. The molecule has 1 aromatic heterocycles. The molecule has 124 valence electrons. The number of benzene rings is 1. The van der Waals surface area contributed by atoms with E-state index in [1.54, 1.807) is 30.3 Å². The number of anilines is 1. The first-order chi connectivity index (χ1) is 10.8. The number of sulfonamides is 1. The first-order valence-electron chi connectivity index (χ1n) is 6.79. The largest absolute Gasteiger partial charge is 0.468 e. The van der Waals surface area contributed by atoms with E-state index in [1.807, 2.05) is 6.92 Å². The number of furan rings is 1. The average molecular weight is 357 g/mol. The van der Waals surface area contributed by atoms with E-state index in [0.29, 0.717) is 16.5 Å². The minimum Gasteiger partial charge on any atom is -0.468 e. The lowest BCUT2D eigenvalue weighted by atomic mass is 10.2. The highest BCUT2D eigenvalue weighted by molar-refractivity contribution is 7.88. The third kappa shape index (κ3) is 5.09. The van der Waals surface area contributed by atoms with E-state index in [0.717, 1.165) is 16.1 Å². The lowest BCUT2D eigenvalue weighted by molar-refractivity contribution is -0.116. The summed E-state index contributed by atoms with van der Waals surface area (Å²) in [5.41, 5.74) is 1.40. The summed E-state index contributed by atoms with van der Waals surface area (Å²) < 4.78 is 29.8. The molecule has 1 amide bonds. The molecule has 0 saturated carbocycles. The van der Waals surface area contributed by atoms with Gasteiger partial charge < -0.3 is 9.73 Å². The van der Waals surface area contributed by atoms with E-state index in [2.05, 4.69) is 5.32 Å². The number of rotatable bonds is 6. The van der Waals surface area contributed by atoms with E-state index >= 15 is 0 Å². The van der Waals surface area contributed by atoms with Gasteiger partial charge in [0.25, 0.3) is 0 Å². The van der Waals surface area contributed by atoms with Crippen molar-refractivity contribution >= 4 is 33.2 Å². The first kappa shape index (κ1) is 17.5. The number of hydrogen-bond donors (Lipinski definition) is 1. The van der Waals surface area contributed by atoms with Gasteiger partial charge in [0.05, 0.1) is 25.6 Å². The van der Waals surface area contributed by atoms with Crippen molar-refractivity contribution in [2.45, 2.75) is 13.5 Å². The predicted octanol–water partition coefficient (Wildman–Crippen LogP) is 2.64. The summed E-state index contributed by atoms with van der Waals surface area (Å²) in [6.07, 6.45) is 2.50. The summed E-state index contributed by atoms with van der Waals surface area (Å²) in [4.78, 5) is 12.1. The monoisotopic (exact) mass is 356 g/mol. The summed E-state index contributed by atoms with van der Waals surface area (Å²) in [6.45, 7) is 1.53. The third-order valence-electron chi connectivity index (χ3n) is 3.16. The Bertz CT molecular complexity index is 788. The van der Waals surface area contributed by atoms with E-state index in [1.165, 1.54) is 6.26 Å². The maximum Gasteiger partial charge on any atom is 0.239 e. The Labute approximate surface area is 140 Å². The van der Waals surface area contributed by atoms with Gasteiger partial charge in [-0.05, 0) is 36.8 Å². The maximum absolute atomic E-state index is 12.1. The van der Waals surface area contributed by atoms with Crippen LogP contribution in [0, 0.1) is 6.92 Å². The standard InChI is InChI=1S/C15H17ClN2O4S/c1-11-5-6-12(8-14(11)16)17-15(19)10-18(23(2,20)21)9-13-4-3-7-22-13/h3-8H,9-10H2,1-2H3,(H,17,19). The van der Waals surface area contributed by atoms with Crippen LogP contribution in [0.4, 0.5) is 5.69 Å². The normalized spacial score (nSPS) is 11.7. The Hall–Kier alpha value is -1.83. The Morgan fingerprint density at radius 1 is 1.35 bits per heavy atom. The molecule has 6 nitrogen and oxygen atoms in total. The fraction of sp³-hybridized carbons (Fsp3) is 0.267. The molecule has 8 heteroatoms. The number of aryl methyl sites for hydroxylation is 1. The van der Waals surface area contributed by atoms with Crippen LogP contribution in [0.5, 0.6) is 0 Å². The molecule has 1 heterocycles. The lowest BCUT2D eigenvalue weighted by Gasteiger charge is -2.18. The van der Waals surface area contributed by atoms with Gasteiger partial charge in [-0.15, -0.1) is 0 Å². The first-order valence-corrected chi connectivity index (χ1v) is 9.02. The van der Waals surface area contributed by atoms with Gasteiger partial charge in [0.1, 0.15) is 5.76 Å². The van der Waals surface area contributed by atoms with E-state index in [4.69, 9.17) is 16.0 Å². The molecule has 2 aromatic rings. The molecule has 0 unspecified atom stereocenters. The SMILES string of the molecule is Cc1ccc(NC(=O)CN(Cc2ccco2)S(C)(=O)=O)cc1Cl. The van der Waals surface area contributed by atoms with Gasteiger partial charge in [-0.2, -0.15) is 4.31 Å². The highest BCUT2D eigenvalue weighted by atomic mass is 35.5. The molecule has 0 bridgehead atoms. The molecule has 1 N–H and O–H groups in total. The number of nitrogens with one attached hydrogen (secondary N) is 1. The quantitative estimate of drug-likeness (QED) is 0.862. The van der Waals surface area contributed by atoms with Crippen LogP contribution in [-0.2, 0) is 21.4 Å². The van der Waals surface area contributed by atoms with Gasteiger partial charge in [0.2, 0.25) is 15.9 Å². The zero-order chi connectivity index (χ0) is 17.0. The molecule has 0 fully saturated rings. The minimum atomic E-state index is -3.56. The van der Waals surface area contributed by atoms with Gasteiger partial charge in [0, 0.05) is 10.7 Å². The van der Waals surface area contributed by atoms with Crippen molar-refractivity contribution in [1.82, 2.24) is 4.31 Å². The van der Waals surface area contributed by atoms with Crippen LogP contribution in [0.25, 0.3) is 0 Å². The summed E-state index contributed by atoms with van der Waals surface area (Å²) in [7, 11) is -3.56. The molecule has 0 aliphatic heterocycles. The summed E-state index contributed by atoms with van der Waals surface area (Å²) in [5.74, 6) is 0.00325. The Morgan fingerprint density at radius 2 is 2.09 bits per heavy atom. The molecule has 1 aromatic carbocycles. The van der Waals surface area contributed by atoms with Crippen LogP contribution in [-0.4, -0.2) is 31.4 Å². The number of amides is 1. The van der Waals surface area contributed by atoms with Crippen molar-refractivity contribution < 1.29 is 17.6 Å². The van der Waals surface area contributed by atoms with Crippen molar-refractivity contribution in [1.29, 1.82) is 0 Å². The lowest BCUT2D eigenvalue weighted by Crippen LogP contribution is -2.36. The summed E-state index contributed by atoms with van der Waals surface area (Å²) in [5, 5.41) is 3.16. The van der Waals surface area contributed by atoms with Gasteiger partial charge >= 0.3 is 0 Å². The van der Waals surface area contributed by atoms with Crippen molar-refractivity contribution in [3.05, 3.63) is 52.9 Å². The van der Waals surface area contributed by atoms with Crippen LogP contribution < -0.4 is 5.32 Å². The van der Waals surface area contributed by atoms with E-state index in [9.17, 15) is 13.2 Å². The molecule has 0 radical (unpaired) electrons. The van der Waals surface area contributed by atoms with Gasteiger partial charge in [-0.1, -0.05) is 17.7 Å². The molecule has 0 aliphatic carbocycles. The number of halogens is 1. The smallest absolute Gasteiger partial charge is 0.239 e. The second-order valence-electron chi connectivity index (χ2n) is 5.12. The Morgan fingerprint density at radius 3 is 2.65 bits per heavy atom. The second kappa shape index (κ2) is 7.16. The molecule has 0 spiro atoms.